The van der Waals surface area contributed by atoms with Crippen LogP contribution < -0.4 is 5.32 Å². The highest BCUT2D eigenvalue weighted by Crippen LogP contribution is 2.32. The van der Waals surface area contributed by atoms with E-state index in [4.69, 9.17) is 4.74 Å². The molecule has 1 aromatic carbocycles. The number of hydrogen-bond donors (Lipinski definition) is 1. The van der Waals surface area contributed by atoms with Gasteiger partial charge in [-0.2, -0.15) is 0 Å². The predicted molar refractivity (Wildman–Crippen MR) is 81.1 cm³/mol. The zero-order chi connectivity index (χ0) is 15.4. The van der Waals surface area contributed by atoms with Gasteiger partial charge >= 0.3 is 5.97 Å². The summed E-state index contributed by atoms with van der Waals surface area (Å²) in [4.78, 5) is 23.7. The molecule has 114 valence electrons. The van der Waals surface area contributed by atoms with Gasteiger partial charge < -0.3 is 10.1 Å². The first-order valence-corrected chi connectivity index (χ1v) is 7.55. The van der Waals surface area contributed by atoms with Crippen molar-refractivity contribution >= 4 is 11.9 Å². The Balaban J connectivity index is 2.09. The average Bonchev–Trinajstić information content (AvgIpc) is 2.88. The van der Waals surface area contributed by atoms with E-state index in [1.54, 1.807) is 6.07 Å². The summed E-state index contributed by atoms with van der Waals surface area (Å²) < 4.78 is 4.75. The number of ether oxygens (including phenoxy) is 1. The molecule has 2 rings (SSSR count). The summed E-state index contributed by atoms with van der Waals surface area (Å²) in [6, 6.07) is 5.61. The zero-order valence-corrected chi connectivity index (χ0v) is 12.9. The monoisotopic (exact) mass is 289 g/mol. The Morgan fingerprint density at radius 2 is 2.19 bits per heavy atom. The second-order valence-corrected chi connectivity index (χ2v) is 5.78. The summed E-state index contributed by atoms with van der Waals surface area (Å²) in [6.45, 7) is 4.17. The van der Waals surface area contributed by atoms with Gasteiger partial charge in [-0.1, -0.05) is 26.3 Å². The number of nitrogens with one attached hydrogen (secondary N) is 1. The Morgan fingerprint density at radius 3 is 2.86 bits per heavy atom. The Labute approximate surface area is 125 Å². The lowest BCUT2D eigenvalue weighted by atomic mass is 10.0. The molecule has 2 unspecified atom stereocenters. The first-order chi connectivity index (χ1) is 10.0. The van der Waals surface area contributed by atoms with Crippen LogP contribution in [-0.2, 0) is 16.0 Å². The van der Waals surface area contributed by atoms with E-state index in [0.29, 0.717) is 17.9 Å². The van der Waals surface area contributed by atoms with Crippen molar-refractivity contribution in [1.82, 2.24) is 5.32 Å². The van der Waals surface area contributed by atoms with Crippen LogP contribution in [0.3, 0.4) is 0 Å². The van der Waals surface area contributed by atoms with Crippen LogP contribution in [0.1, 0.15) is 60.6 Å². The van der Waals surface area contributed by atoms with Gasteiger partial charge in [-0.05, 0) is 42.0 Å². The highest BCUT2D eigenvalue weighted by Gasteiger charge is 2.25. The van der Waals surface area contributed by atoms with E-state index >= 15 is 0 Å². The van der Waals surface area contributed by atoms with Crippen molar-refractivity contribution in [3.05, 3.63) is 34.9 Å². The Bertz CT molecular complexity index is 539. The third-order valence-corrected chi connectivity index (χ3v) is 4.21. The van der Waals surface area contributed by atoms with Crippen LogP contribution in [0.2, 0.25) is 0 Å². The molecular weight excluding hydrogens is 266 g/mol. The SMILES string of the molecule is CCC(C)CC(=O)NC1CCc2ccc(C(=O)OC)cc21. The first-order valence-electron chi connectivity index (χ1n) is 7.55. The fourth-order valence-electron chi connectivity index (χ4n) is 2.71. The van der Waals surface area contributed by atoms with Crippen LogP contribution >= 0.6 is 0 Å². The van der Waals surface area contributed by atoms with Gasteiger partial charge in [-0.15, -0.1) is 0 Å². The normalized spacial score (nSPS) is 18.0. The molecule has 1 aliphatic rings. The molecule has 0 aromatic heterocycles. The van der Waals surface area contributed by atoms with Crippen LogP contribution in [0.15, 0.2) is 18.2 Å². The maximum absolute atomic E-state index is 12.1. The van der Waals surface area contributed by atoms with Crippen molar-refractivity contribution < 1.29 is 14.3 Å². The van der Waals surface area contributed by atoms with Gasteiger partial charge in [0.2, 0.25) is 5.91 Å². The number of benzene rings is 1. The molecule has 0 radical (unpaired) electrons. The molecule has 0 fully saturated rings. The van der Waals surface area contributed by atoms with Crippen molar-refractivity contribution in [2.45, 2.75) is 45.6 Å². The lowest BCUT2D eigenvalue weighted by Crippen LogP contribution is -2.28. The molecule has 0 saturated heterocycles. The molecule has 1 amide bonds. The summed E-state index contributed by atoms with van der Waals surface area (Å²) in [5.41, 5.74) is 2.80. The molecule has 1 N–H and O–H groups in total. The van der Waals surface area contributed by atoms with E-state index in [2.05, 4.69) is 19.2 Å². The highest BCUT2D eigenvalue weighted by atomic mass is 16.5. The van der Waals surface area contributed by atoms with Gasteiger partial charge in [0.05, 0.1) is 18.7 Å². The minimum Gasteiger partial charge on any atom is -0.465 e. The molecule has 0 bridgehead atoms. The third-order valence-electron chi connectivity index (χ3n) is 4.21. The first kappa shape index (κ1) is 15.5. The molecular formula is C17H23NO3. The van der Waals surface area contributed by atoms with E-state index < -0.39 is 0 Å². The number of methoxy groups -OCH3 is 1. The van der Waals surface area contributed by atoms with Crippen LogP contribution in [0.5, 0.6) is 0 Å². The second-order valence-electron chi connectivity index (χ2n) is 5.78. The number of rotatable bonds is 5. The van der Waals surface area contributed by atoms with Crippen LogP contribution in [-0.4, -0.2) is 19.0 Å². The van der Waals surface area contributed by atoms with E-state index in [1.807, 2.05) is 12.1 Å². The number of amides is 1. The van der Waals surface area contributed by atoms with Crippen molar-refractivity contribution in [2.75, 3.05) is 7.11 Å². The van der Waals surface area contributed by atoms with Crippen LogP contribution in [0.4, 0.5) is 0 Å². The summed E-state index contributed by atoms with van der Waals surface area (Å²) in [5.74, 6) is 0.146. The summed E-state index contributed by atoms with van der Waals surface area (Å²) in [7, 11) is 1.38. The van der Waals surface area contributed by atoms with Gasteiger partial charge in [-0.25, -0.2) is 4.79 Å². The molecule has 0 saturated carbocycles. The lowest BCUT2D eigenvalue weighted by Gasteiger charge is -2.16. The number of carbonyl (C=O) groups excluding carboxylic acids is 2. The number of esters is 1. The minimum absolute atomic E-state index is 0.0150. The van der Waals surface area contributed by atoms with Gasteiger partial charge in [0.25, 0.3) is 0 Å². The molecule has 0 spiro atoms. The molecule has 1 aliphatic carbocycles. The quantitative estimate of drug-likeness (QED) is 0.848. The van der Waals surface area contributed by atoms with E-state index in [-0.39, 0.29) is 17.9 Å². The maximum atomic E-state index is 12.1. The van der Waals surface area contributed by atoms with Crippen molar-refractivity contribution in [3.63, 3.8) is 0 Å². The Hall–Kier alpha value is -1.84. The van der Waals surface area contributed by atoms with Gasteiger partial charge in [-0.3, -0.25) is 4.79 Å². The van der Waals surface area contributed by atoms with Crippen LogP contribution in [0.25, 0.3) is 0 Å². The highest BCUT2D eigenvalue weighted by molar-refractivity contribution is 5.89. The largest absolute Gasteiger partial charge is 0.465 e. The standard InChI is InChI=1S/C17H23NO3/c1-4-11(2)9-16(19)18-15-8-7-12-5-6-13(10-14(12)15)17(20)21-3/h5-6,10-11,15H,4,7-9H2,1-3H3,(H,18,19). The minimum atomic E-state index is -0.339. The third kappa shape index (κ3) is 3.63. The van der Waals surface area contributed by atoms with Gasteiger partial charge in [0, 0.05) is 6.42 Å². The van der Waals surface area contributed by atoms with Crippen molar-refractivity contribution in [3.8, 4) is 0 Å². The molecule has 4 nitrogen and oxygen atoms in total. The van der Waals surface area contributed by atoms with E-state index in [9.17, 15) is 9.59 Å². The number of carbonyl (C=O) groups is 2. The average molecular weight is 289 g/mol. The molecule has 0 heterocycles. The fourth-order valence-corrected chi connectivity index (χ4v) is 2.71. The molecule has 21 heavy (non-hydrogen) atoms. The van der Waals surface area contributed by atoms with Crippen molar-refractivity contribution in [1.29, 1.82) is 0 Å². The molecule has 1 aromatic rings. The Kier molecular flexibility index (Phi) is 4.99. The van der Waals surface area contributed by atoms with Gasteiger partial charge in [0.15, 0.2) is 0 Å². The topological polar surface area (TPSA) is 55.4 Å². The number of fused-ring (bicyclic) bond motifs is 1. The fraction of sp³-hybridized carbons (Fsp3) is 0.529. The summed E-state index contributed by atoms with van der Waals surface area (Å²) >= 11 is 0. The number of hydrogen-bond acceptors (Lipinski definition) is 3. The Morgan fingerprint density at radius 1 is 1.43 bits per heavy atom. The second kappa shape index (κ2) is 6.74. The van der Waals surface area contributed by atoms with Crippen LogP contribution in [0, 0.1) is 5.92 Å². The van der Waals surface area contributed by atoms with E-state index in [1.165, 1.54) is 12.7 Å². The summed E-state index contributed by atoms with van der Waals surface area (Å²) in [6.07, 6.45) is 3.39. The molecule has 2 atom stereocenters. The number of aryl methyl sites for hydroxylation is 1. The molecule has 0 aliphatic heterocycles. The smallest absolute Gasteiger partial charge is 0.337 e. The summed E-state index contributed by atoms with van der Waals surface area (Å²) in [5, 5.41) is 3.09. The van der Waals surface area contributed by atoms with Gasteiger partial charge in [0.1, 0.15) is 0 Å². The van der Waals surface area contributed by atoms with Crippen molar-refractivity contribution in [2.24, 2.45) is 5.92 Å². The maximum Gasteiger partial charge on any atom is 0.337 e. The molecule has 4 heteroatoms. The predicted octanol–water partition coefficient (Wildman–Crippen LogP) is 3.01. The lowest BCUT2D eigenvalue weighted by molar-refractivity contribution is -0.122. The zero-order valence-electron chi connectivity index (χ0n) is 12.9. The van der Waals surface area contributed by atoms with E-state index in [0.717, 1.165) is 24.8 Å².